The molecule has 7 heteroatoms. The van der Waals surface area contributed by atoms with Gasteiger partial charge in [-0.3, -0.25) is 10.1 Å². The lowest BCUT2D eigenvalue weighted by atomic mass is 9.94. The Bertz CT molecular complexity index is 507. The van der Waals surface area contributed by atoms with E-state index in [1.54, 1.807) is 14.0 Å². The maximum absolute atomic E-state index is 11.3. The molecule has 1 unspecified atom stereocenters. The molecular formula is C14H26N4O3. The molecule has 1 atom stereocenters. The number of hydrogen-bond acceptors (Lipinski definition) is 5. The Morgan fingerprint density at radius 1 is 1.43 bits per heavy atom. The molecule has 0 aliphatic rings. The van der Waals surface area contributed by atoms with Crippen LogP contribution >= 0.6 is 0 Å². The smallest absolute Gasteiger partial charge is 0.334 e. The molecule has 21 heavy (non-hydrogen) atoms. The predicted molar refractivity (Wildman–Crippen MR) is 82.5 cm³/mol. The predicted octanol–water partition coefficient (Wildman–Crippen LogP) is 2.66. The monoisotopic (exact) mass is 298 g/mol. The Kier molecular flexibility index (Phi) is 5.33. The van der Waals surface area contributed by atoms with Gasteiger partial charge < -0.3 is 10.4 Å². The summed E-state index contributed by atoms with van der Waals surface area (Å²) in [5.74, 6) is 0.644. The van der Waals surface area contributed by atoms with Gasteiger partial charge in [-0.2, -0.15) is 5.10 Å². The summed E-state index contributed by atoms with van der Waals surface area (Å²) in [6.07, 6.45) is 0.614. The Morgan fingerprint density at radius 2 is 2.00 bits per heavy atom. The van der Waals surface area contributed by atoms with Gasteiger partial charge in [0.2, 0.25) is 5.82 Å². The number of nitro groups is 1. The minimum Gasteiger partial charge on any atom is -0.388 e. The van der Waals surface area contributed by atoms with E-state index in [2.05, 4.69) is 10.4 Å². The summed E-state index contributed by atoms with van der Waals surface area (Å²) in [6.45, 7) is 9.76. The fourth-order valence-corrected chi connectivity index (χ4v) is 2.53. The van der Waals surface area contributed by atoms with Crippen LogP contribution in [0.1, 0.15) is 52.7 Å². The Labute approximate surface area is 125 Å². The van der Waals surface area contributed by atoms with Gasteiger partial charge in [0.15, 0.2) is 0 Å². The number of nitrogens with one attached hydrogen (secondary N) is 1. The third-order valence-corrected chi connectivity index (χ3v) is 3.26. The van der Waals surface area contributed by atoms with Crippen molar-refractivity contribution in [3.8, 4) is 0 Å². The van der Waals surface area contributed by atoms with Crippen molar-refractivity contribution in [2.75, 3.05) is 11.9 Å². The lowest BCUT2D eigenvalue weighted by Gasteiger charge is -2.25. The van der Waals surface area contributed by atoms with E-state index < -0.39 is 10.5 Å². The summed E-state index contributed by atoms with van der Waals surface area (Å²) >= 11 is 0. The first-order chi connectivity index (χ1) is 9.55. The van der Waals surface area contributed by atoms with Gasteiger partial charge in [-0.1, -0.05) is 27.7 Å². The normalized spacial score (nSPS) is 14.5. The molecule has 1 aromatic heterocycles. The van der Waals surface area contributed by atoms with Crippen LogP contribution in [0, 0.1) is 16.0 Å². The van der Waals surface area contributed by atoms with Crippen molar-refractivity contribution in [1.29, 1.82) is 0 Å². The molecule has 0 saturated heterocycles. The van der Waals surface area contributed by atoms with Crippen molar-refractivity contribution in [2.45, 2.75) is 52.6 Å². The molecule has 0 radical (unpaired) electrons. The van der Waals surface area contributed by atoms with E-state index >= 15 is 0 Å². The van der Waals surface area contributed by atoms with Crippen LogP contribution in [-0.4, -0.2) is 32.0 Å². The summed E-state index contributed by atoms with van der Waals surface area (Å²) in [5.41, 5.74) is -0.481. The first kappa shape index (κ1) is 17.4. The van der Waals surface area contributed by atoms with Crippen LogP contribution in [0.5, 0.6) is 0 Å². The molecule has 0 spiro atoms. The highest BCUT2D eigenvalue weighted by Gasteiger charge is 2.30. The number of aliphatic hydroxyl groups is 1. The van der Waals surface area contributed by atoms with E-state index in [4.69, 9.17) is 0 Å². The highest BCUT2D eigenvalue weighted by molar-refractivity contribution is 5.60. The maximum atomic E-state index is 11.3. The second kappa shape index (κ2) is 6.43. The molecule has 1 heterocycles. The van der Waals surface area contributed by atoms with Crippen LogP contribution in [0.15, 0.2) is 0 Å². The lowest BCUT2D eigenvalue weighted by molar-refractivity contribution is -0.384. The fraction of sp³-hybridized carbons (Fsp3) is 0.786. The molecule has 1 rings (SSSR count). The second-order valence-corrected chi connectivity index (χ2v) is 6.57. The van der Waals surface area contributed by atoms with Gasteiger partial charge in [-0.25, -0.2) is 4.68 Å². The first-order valence-corrected chi connectivity index (χ1v) is 7.22. The van der Waals surface area contributed by atoms with Gasteiger partial charge in [0.25, 0.3) is 0 Å². The van der Waals surface area contributed by atoms with Crippen molar-refractivity contribution < 1.29 is 10.0 Å². The van der Waals surface area contributed by atoms with E-state index in [1.807, 2.05) is 27.7 Å². The highest BCUT2D eigenvalue weighted by atomic mass is 16.6. The molecule has 0 amide bonds. The molecule has 7 nitrogen and oxygen atoms in total. The van der Waals surface area contributed by atoms with E-state index in [-0.39, 0.29) is 18.2 Å². The lowest BCUT2D eigenvalue weighted by Crippen LogP contribution is -2.35. The average molecular weight is 298 g/mol. The maximum Gasteiger partial charge on any atom is 0.334 e. The third kappa shape index (κ3) is 4.42. The molecule has 0 aromatic carbocycles. The minimum absolute atomic E-state index is 0.00662. The number of nitrogens with zero attached hydrogens (tertiary/aromatic N) is 3. The van der Waals surface area contributed by atoms with Gasteiger partial charge in [0, 0.05) is 19.5 Å². The number of aryl methyl sites for hydroxylation is 1. The molecule has 0 bridgehead atoms. The summed E-state index contributed by atoms with van der Waals surface area (Å²) in [5, 5.41) is 28.8. The average Bonchev–Trinajstić information content (AvgIpc) is 2.62. The quantitative estimate of drug-likeness (QED) is 0.596. The highest BCUT2D eigenvalue weighted by Crippen LogP contribution is 2.33. The SMILES string of the molecule is CC(C)CC(C)(O)CNc1c([N+](=O)[O-])c(C(C)C)nn1C. The van der Waals surface area contributed by atoms with Crippen molar-refractivity contribution in [3.05, 3.63) is 15.8 Å². The number of hydrogen-bond donors (Lipinski definition) is 2. The van der Waals surface area contributed by atoms with Crippen molar-refractivity contribution >= 4 is 11.5 Å². The molecule has 0 saturated carbocycles. The number of aromatic nitrogens is 2. The van der Waals surface area contributed by atoms with Crippen LogP contribution in [0.2, 0.25) is 0 Å². The minimum atomic E-state index is -0.926. The van der Waals surface area contributed by atoms with Crippen LogP contribution in [0.4, 0.5) is 11.5 Å². The molecule has 1 aromatic rings. The summed E-state index contributed by atoms with van der Waals surface area (Å²) in [6, 6.07) is 0. The van der Waals surface area contributed by atoms with Crippen molar-refractivity contribution in [1.82, 2.24) is 9.78 Å². The summed E-state index contributed by atoms with van der Waals surface area (Å²) in [7, 11) is 1.67. The van der Waals surface area contributed by atoms with Crippen LogP contribution < -0.4 is 5.32 Å². The zero-order chi connectivity index (χ0) is 16.4. The third-order valence-electron chi connectivity index (χ3n) is 3.26. The molecule has 0 aliphatic carbocycles. The molecule has 120 valence electrons. The fourth-order valence-electron chi connectivity index (χ4n) is 2.53. The number of anilines is 1. The summed E-state index contributed by atoms with van der Waals surface area (Å²) < 4.78 is 1.47. The molecule has 0 fully saturated rings. The van der Waals surface area contributed by atoms with Gasteiger partial charge >= 0.3 is 5.69 Å². The van der Waals surface area contributed by atoms with Crippen molar-refractivity contribution in [2.24, 2.45) is 13.0 Å². The summed E-state index contributed by atoms with van der Waals surface area (Å²) in [4.78, 5) is 10.9. The first-order valence-electron chi connectivity index (χ1n) is 7.22. The zero-order valence-electron chi connectivity index (χ0n) is 13.7. The van der Waals surface area contributed by atoms with Crippen LogP contribution in [0.25, 0.3) is 0 Å². The van der Waals surface area contributed by atoms with Gasteiger partial charge in [-0.05, 0) is 19.3 Å². The van der Waals surface area contributed by atoms with E-state index in [0.717, 1.165) is 0 Å². The van der Waals surface area contributed by atoms with Crippen molar-refractivity contribution in [3.63, 3.8) is 0 Å². The second-order valence-electron chi connectivity index (χ2n) is 6.57. The topological polar surface area (TPSA) is 93.2 Å². The van der Waals surface area contributed by atoms with Gasteiger partial charge in [0.05, 0.1) is 10.5 Å². The molecular weight excluding hydrogens is 272 g/mol. The van der Waals surface area contributed by atoms with Crippen LogP contribution in [0.3, 0.4) is 0 Å². The largest absolute Gasteiger partial charge is 0.388 e. The molecule has 0 aliphatic heterocycles. The molecule has 2 N–H and O–H groups in total. The standard InChI is InChI=1S/C14H26N4O3/c1-9(2)7-14(5,19)8-15-13-12(18(20)21)11(10(3)4)16-17(13)6/h9-10,15,19H,7-8H2,1-6H3. The van der Waals surface area contributed by atoms with Gasteiger partial charge in [0.1, 0.15) is 5.69 Å². The Morgan fingerprint density at radius 3 is 2.43 bits per heavy atom. The van der Waals surface area contributed by atoms with Crippen LogP contribution in [-0.2, 0) is 7.05 Å². The Balaban J connectivity index is 3.01. The zero-order valence-corrected chi connectivity index (χ0v) is 13.7. The van der Waals surface area contributed by atoms with E-state index in [0.29, 0.717) is 23.9 Å². The Hall–Kier alpha value is -1.63. The van der Waals surface area contributed by atoms with E-state index in [1.165, 1.54) is 4.68 Å². The van der Waals surface area contributed by atoms with Gasteiger partial charge in [-0.15, -0.1) is 0 Å². The number of rotatable bonds is 7. The van der Waals surface area contributed by atoms with E-state index in [9.17, 15) is 15.2 Å².